The van der Waals surface area contributed by atoms with Gasteiger partial charge in [-0.15, -0.1) is 0 Å². The molecule has 0 unspecified atom stereocenters. The molecule has 0 radical (unpaired) electrons. The zero-order valence-electron chi connectivity index (χ0n) is 16.5. The minimum Gasteiger partial charge on any atom is -0.354 e. The molecule has 4 rings (SSSR count). The first kappa shape index (κ1) is 18.5. The third-order valence-corrected chi connectivity index (χ3v) is 6.76. The Bertz CT molecular complexity index is 732. The minimum atomic E-state index is 0.0515. The number of carbonyl (C=O) groups excluding carboxylic acids is 2. The Morgan fingerprint density at radius 3 is 2.93 bits per heavy atom. The number of nitrogens with zero attached hydrogens (tertiary/aromatic N) is 1. The second kappa shape index (κ2) is 7.63. The van der Waals surface area contributed by atoms with Crippen LogP contribution in [-0.4, -0.2) is 48.4 Å². The van der Waals surface area contributed by atoms with Crippen molar-refractivity contribution in [2.75, 3.05) is 19.6 Å². The lowest BCUT2D eigenvalue weighted by molar-refractivity contribution is -0.149. The van der Waals surface area contributed by atoms with Gasteiger partial charge >= 0.3 is 0 Å². The van der Waals surface area contributed by atoms with Crippen molar-refractivity contribution in [3.8, 4) is 0 Å². The molecule has 0 spiro atoms. The topological polar surface area (TPSA) is 61.4 Å². The van der Waals surface area contributed by atoms with E-state index in [-0.39, 0.29) is 17.9 Å². The van der Waals surface area contributed by atoms with E-state index in [9.17, 15) is 9.59 Å². The molecule has 5 nitrogen and oxygen atoms in total. The summed E-state index contributed by atoms with van der Waals surface area (Å²) in [6.07, 6.45) is 4.36. The molecule has 1 aromatic rings. The average molecular weight is 370 g/mol. The number of amides is 2. The van der Waals surface area contributed by atoms with Gasteiger partial charge in [0.1, 0.15) is 0 Å². The number of carbonyl (C=O) groups is 2. The van der Waals surface area contributed by atoms with Gasteiger partial charge in [0.25, 0.3) is 0 Å². The maximum Gasteiger partial charge on any atom is 0.224 e. The zero-order valence-corrected chi connectivity index (χ0v) is 16.5. The highest BCUT2D eigenvalue weighted by atomic mass is 16.2. The molecule has 3 saturated heterocycles. The Kier molecular flexibility index (Phi) is 5.22. The molecule has 3 aliphatic heterocycles. The second-order valence-electron chi connectivity index (χ2n) is 8.65. The summed E-state index contributed by atoms with van der Waals surface area (Å²) >= 11 is 0. The maximum absolute atomic E-state index is 12.7. The van der Waals surface area contributed by atoms with Crippen LogP contribution in [0.15, 0.2) is 18.2 Å². The van der Waals surface area contributed by atoms with Gasteiger partial charge < -0.3 is 15.5 Å². The van der Waals surface area contributed by atoms with Crippen molar-refractivity contribution in [1.29, 1.82) is 0 Å². The number of benzene rings is 1. The van der Waals surface area contributed by atoms with E-state index in [1.165, 1.54) is 12.0 Å². The summed E-state index contributed by atoms with van der Waals surface area (Å²) in [6, 6.07) is 6.73. The number of hydrogen-bond donors (Lipinski definition) is 2. The van der Waals surface area contributed by atoms with Gasteiger partial charge in [-0.05, 0) is 62.6 Å². The minimum absolute atomic E-state index is 0.0515. The molecular weight excluding hydrogens is 338 g/mol. The second-order valence-corrected chi connectivity index (χ2v) is 8.65. The Morgan fingerprint density at radius 1 is 1.26 bits per heavy atom. The average Bonchev–Trinajstić information content (AvgIpc) is 2.65. The Morgan fingerprint density at radius 2 is 2.07 bits per heavy atom. The predicted molar refractivity (Wildman–Crippen MR) is 105 cm³/mol. The molecule has 3 heterocycles. The molecule has 0 aromatic heterocycles. The molecule has 0 aliphatic carbocycles. The van der Waals surface area contributed by atoms with Crippen molar-refractivity contribution in [3.05, 3.63) is 34.9 Å². The molecule has 5 heteroatoms. The van der Waals surface area contributed by atoms with E-state index in [1.54, 1.807) is 0 Å². The maximum atomic E-state index is 12.7. The molecule has 4 atom stereocenters. The number of nitrogens with one attached hydrogen (secondary N) is 2. The molecule has 27 heavy (non-hydrogen) atoms. The number of hydrogen-bond acceptors (Lipinski definition) is 3. The normalized spacial score (nSPS) is 30.0. The van der Waals surface area contributed by atoms with Crippen molar-refractivity contribution in [1.82, 2.24) is 15.5 Å². The lowest BCUT2D eigenvalue weighted by Crippen LogP contribution is -2.66. The fourth-order valence-electron chi connectivity index (χ4n) is 5.34. The third-order valence-electron chi connectivity index (χ3n) is 6.76. The van der Waals surface area contributed by atoms with Gasteiger partial charge in [-0.25, -0.2) is 0 Å². The molecule has 2 N–H and O–H groups in total. The van der Waals surface area contributed by atoms with Gasteiger partial charge in [0.15, 0.2) is 0 Å². The standard InChI is InChI=1S/C22H31N3O2/c1-14-6-7-15(2)16(8-14)10-21(26)24-13-20-18-9-17(11-23-12-18)19-4-3-5-22(27)25(19)20/h6-8,17-20,23H,3-5,9-13H2,1-2H3,(H,24,26)/t17-,18+,19+,20+/m1/s1. The van der Waals surface area contributed by atoms with Crippen LogP contribution >= 0.6 is 0 Å². The van der Waals surface area contributed by atoms with Crippen LogP contribution in [0.1, 0.15) is 42.4 Å². The van der Waals surface area contributed by atoms with Crippen molar-refractivity contribution < 1.29 is 9.59 Å². The summed E-state index contributed by atoms with van der Waals surface area (Å²) in [6.45, 7) is 6.65. The highest BCUT2D eigenvalue weighted by molar-refractivity contribution is 5.80. The Balaban J connectivity index is 1.43. The summed E-state index contributed by atoms with van der Waals surface area (Å²) in [4.78, 5) is 27.4. The summed E-state index contributed by atoms with van der Waals surface area (Å²) in [7, 11) is 0. The van der Waals surface area contributed by atoms with E-state index in [4.69, 9.17) is 0 Å². The highest BCUT2D eigenvalue weighted by Crippen LogP contribution is 2.39. The Hall–Kier alpha value is -1.88. The molecular formula is C22H31N3O2. The van der Waals surface area contributed by atoms with E-state index in [0.717, 1.165) is 37.1 Å². The van der Waals surface area contributed by atoms with E-state index in [0.29, 0.717) is 37.3 Å². The fraction of sp³-hybridized carbons (Fsp3) is 0.636. The molecule has 3 fully saturated rings. The van der Waals surface area contributed by atoms with Gasteiger partial charge in [0, 0.05) is 25.6 Å². The van der Waals surface area contributed by atoms with Gasteiger partial charge in [-0.2, -0.15) is 0 Å². The van der Waals surface area contributed by atoms with Crippen molar-refractivity contribution in [3.63, 3.8) is 0 Å². The smallest absolute Gasteiger partial charge is 0.224 e. The van der Waals surface area contributed by atoms with Crippen molar-refractivity contribution >= 4 is 11.8 Å². The fourth-order valence-corrected chi connectivity index (χ4v) is 5.34. The quantitative estimate of drug-likeness (QED) is 0.853. The summed E-state index contributed by atoms with van der Waals surface area (Å²) < 4.78 is 0. The van der Waals surface area contributed by atoms with Crippen LogP contribution in [0.2, 0.25) is 0 Å². The molecule has 1 aromatic carbocycles. The SMILES string of the molecule is Cc1ccc(C)c(CC(=O)NC[C@H]2[C@@H]3CNC[C@@H](C3)[C@@H]3CCCC(=O)N32)c1. The Labute approximate surface area is 161 Å². The number of rotatable bonds is 4. The number of fused-ring (bicyclic) bond motifs is 4. The summed E-state index contributed by atoms with van der Waals surface area (Å²) in [5.41, 5.74) is 3.42. The summed E-state index contributed by atoms with van der Waals surface area (Å²) in [5.74, 6) is 1.37. The first-order valence-electron chi connectivity index (χ1n) is 10.4. The van der Waals surface area contributed by atoms with Crippen LogP contribution in [0.3, 0.4) is 0 Å². The molecule has 146 valence electrons. The van der Waals surface area contributed by atoms with E-state index < -0.39 is 0 Å². The number of piperidine rings is 3. The van der Waals surface area contributed by atoms with Crippen LogP contribution in [0.5, 0.6) is 0 Å². The highest BCUT2D eigenvalue weighted by Gasteiger charge is 2.47. The van der Waals surface area contributed by atoms with Crippen LogP contribution in [-0.2, 0) is 16.0 Å². The monoisotopic (exact) mass is 369 g/mol. The zero-order chi connectivity index (χ0) is 19.0. The molecule has 3 aliphatic rings. The van der Waals surface area contributed by atoms with Gasteiger partial charge in [-0.3, -0.25) is 9.59 Å². The van der Waals surface area contributed by atoms with E-state index in [1.807, 2.05) is 6.92 Å². The van der Waals surface area contributed by atoms with Gasteiger partial charge in [0.05, 0.1) is 12.5 Å². The van der Waals surface area contributed by atoms with Crippen LogP contribution in [0.4, 0.5) is 0 Å². The van der Waals surface area contributed by atoms with Crippen molar-refractivity contribution in [2.24, 2.45) is 11.8 Å². The largest absolute Gasteiger partial charge is 0.354 e. The van der Waals surface area contributed by atoms with Gasteiger partial charge in [0.2, 0.25) is 11.8 Å². The lowest BCUT2D eigenvalue weighted by atomic mass is 9.72. The third kappa shape index (κ3) is 3.75. The van der Waals surface area contributed by atoms with Gasteiger partial charge in [-0.1, -0.05) is 23.8 Å². The first-order chi connectivity index (χ1) is 13.0. The lowest BCUT2D eigenvalue weighted by Gasteiger charge is -2.54. The van der Waals surface area contributed by atoms with Crippen molar-refractivity contribution in [2.45, 2.75) is 58.0 Å². The van der Waals surface area contributed by atoms with E-state index >= 15 is 0 Å². The summed E-state index contributed by atoms with van der Waals surface area (Å²) in [5, 5.41) is 6.70. The predicted octanol–water partition coefficient (Wildman–Crippen LogP) is 1.95. The number of aryl methyl sites for hydroxylation is 2. The molecule has 2 amide bonds. The first-order valence-corrected chi connectivity index (χ1v) is 10.4. The van der Waals surface area contributed by atoms with E-state index in [2.05, 4.69) is 40.7 Å². The van der Waals surface area contributed by atoms with Crippen LogP contribution in [0, 0.1) is 25.7 Å². The van der Waals surface area contributed by atoms with Crippen LogP contribution < -0.4 is 10.6 Å². The van der Waals surface area contributed by atoms with Crippen LogP contribution in [0.25, 0.3) is 0 Å². The molecule has 0 saturated carbocycles. The molecule has 2 bridgehead atoms.